The lowest BCUT2D eigenvalue weighted by atomic mass is 10.4. The van der Waals surface area contributed by atoms with Crippen molar-refractivity contribution in [1.82, 2.24) is 20.4 Å². The van der Waals surface area contributed by atoms with Crippen LogP contribution in [0.4, 0.5) is 5.69 Å². The lowest BCUT2D eigenvalue weighted by Gasteiger charge is -2.28. The number of anilines is 1. The Morgan fingerprint density at radius 2 is 2.38 bits per heavy atom. The zero-order chi connectivity index (χ0) is 12.0. The van der Waals surface area contributed by atoms with Crippen LogP contribution in [0, 0.1) is 0 Å². The fourth-order valence-corrected chi connectivity index (χ4v) is 1.47. The van der Waals surface area contributed by atoms with E-state index in [-0.39, 0.29) is 0 Å². The molecular weight excluding hydrogens is 206 g/mol. The first-order valence-corrected chi connectivity index (χ1v) is 5.50. The van der Waals surface area contributed by atoms with Crippen molar-refractivity contribution in [2.45, 2.75) is 13.3 Å². The van der Waals surface area contributed by atoms with Crippen molar-refractivity contribution >= 4 is 5.69 Å². The molecule has 0 bridgehead atoms. The van der Waals surface area contributed by atoms with Gasteiger partial charge in [0.1, 0.15) is 0 Å². The van der Waals surface area contributed by atoms with Gasteiger partial charge in [0.25, 0.3) is 0 Å². The van der Waals surface area contributed by atoms with Gasteiger partial charge < -0.3 is 15.3 Å². The normalized spacial score (nSPS) is 12.8. The van der Waals surface area contributed by atoms with E-state index in [0.717, 1.165) is 25.3 Å². The maximum absolute atomic E-state index is 9.95. The van der Waals surface area contributed by atoms with Gasteiger partial charge in [0.2, 0.25) is 0 Å². The number of rotatable bonds is 7. The molecule has 0 radical (unpaired) electrons. The number of likely N-dealkylation sites (N-methyl/N-ethyl adjacent to an activating group) is 1. The zero-order valence-corrected chi connectivity index (χ0v) is 10.1. The van der Waals surface area contributed by atoms with Crippen LogP contribution in [-0.2, 0) is 7.05 Å². The van der Waals surface area contributed by atoms with E-state index in [4.69, 9.17) is 0 Å². The Hall–Kier alpha value is -1.11. The summed E-state index contributed by atoms with van der Waals surface area (Å²) in [4.78, 5) is 1.87. The van der Waals surface area contributed by atoms with Gasteiger partial charge in [0, 0.05) is 26.3 Å². The fourth-order valence-electron chi connectivity index (χ4n) is 1.47. The Balaban J connectivity index is 2.69. The van der Waals surface area contributed by atoms with Crippen LogP contribution in [0.1, 0.15) is 6.92 Å². The summed E-state index contributed by atoms with van der Waals surface area (Å²) in [5, 5.41) is 20.1. The molecule has 0 aliphatic carbocycles. The van der Waals surface area contributed by atoms with Gasteiger partial charge in [-0.15, -0.1) is 0 Å². The van der Waals surface area contributed by atoms with Crippen LogP contribution in [0.25, 0.3) is 0 Å². The van der Waals surface area contributed by atoms with Gasteiger partial charge in [-0.3, -0.25) is 10.00 Å². The maximum atomic E-state index is 9.95. The summed E-state index contributed by atoms with van der Waals surface area (Å²) in [6.45, 7) is 4.20. The van der Waals surface area contributed by atoms with Gasteiger partial charge >= 0.3 is 0 Å². The first-order chi connectivity index (χ1) is 7.69. The molecule has 0 amide bonds. The monoisotopic (exact) mass is 227 g/mol. The van der Waals surface area contributed by atoms with Crippen molar-refractivity contribution in [3.63, 3.8) is 0 Å². The molecule has 1 rings (SSSR count). The lowest BCUT2D eigenvalue weighted by molar-refractivity contribution is 0.134. The van der Waals surface area contributed by atoms with E-state index in [1.165, 1.54) is 0 Å². The highest BCUT2D eigenvalue weighted by Crippen LogP contribution is 2.12. The standard InChI is InChI=1S/C10H21N5O/c1-4-12-10(16)15(6-5-11-2)9-7-13-14(3)8-9/h7-8,10-12,16H,4-6H2,1-3H3. The number of aromatic nitrogens is 2. The number of hydrogen-bond donors (Lipinski definition) is 3. The van der Waals surface area contributed by atoms with E-state index in [1.54, 1.807) is 10.9 Å². The molecule has 1 aromatic heterocycles. The van der Waals surface area contributed by atoms with E-state index in [0.29, 0.717) is 0 Å². The van der Waals surface area contributed by atoms with Crippen molar-refractivity contribution < 1.29 is 5.11 Å². The van der Waals surface area contributed by atoms with Crippen LogP contribution in [0.5, 0.6) is 0 Å². The number of nitrogens with zero attached hydrogens (tertiary/aromatic N) is 3. The molecule has 6 heteroatoms. The molecule has 0 aliphatic rings. The van der Waals surface area contributed by atoms with Gasteiger partial charge in [0.15, 0.2) is 6.35 Å². The van der Waals surface area contributed by atoms with Crippen LogP contribution in [0.15, 0.2) is 12.4 Å². The van der Waals surface area contributed by atoms with Crippen LogP contribution >= 0.6 is 0 Å². The number of aliphatic hydroxyl groups excluding tert-OH is 1. The van der Waals surface area contributed by atoms with E-state index >= 15 is 0 Å². The SMILES string of the molecule is CCNC(O)N(CCNC)c1cnn(C)c1. The van der Waals surface area contributed by atoms with Crippen molar-refractivity contribution in [3.8, 4) is 0 Å². The summed E-state index contributed by atoms with van der Waals surface area (Å²) in [6.07, 6.45) is 2.95. The molecule has 0 aliphatic heterocycles. The van der Waals surface area contributed by atoms with Gasteiger partial charge in [-0.05, 0) is 13.6 Å². The Morgan fingerprint density at radius 1 is 1.62 bits per heavy atom. The quantitative estimate of drug-likeness (QED) is 0.539. The number of aryl methyl sites for hydroxylation is 1. The summed E-state index contributed by atoms with van der Waals surface area (Å²) >= 11 is 0. The van der Waals surface area contributed by atoms with Crippen LogP contribution in [-0.4, -0.2) is 47.9 Å². The van der Waals surface area contributed by atoms with Gasteiger partial charge in [-0.1, -0.05) is 6.92 Å². The topological polar surface area (TPSA) is 65.3 Å². The summed E-state index contributed by atoms with van der Waals surface area (Å²) in [6, 6.07) is 0. The second kappa shape index (κ2) is 6.47. The second-order valence-corrected chi connectivity index (χ2v) is 3.60. The van der Waals surface area contributed by atoms with Crippen LogP contribution in [0.2, 0.25) is 0 Å². The molecule has 1 heterocycles. The molecule has 0 saturated carbocycles. The minimum absolute atomic E-state index is 0.678. The van der Waals surface area contributed by atoms with Crippen molar-refractivity contribution in [3.05, 3.63) is 12.4 Å². The molecule has 0 fully saturated rings. The van der Waals surface area contributed by atoms with Crippen LogP contribution < -0.4 is 15.5 Å². The van der Waals surface area contributed by atoms with Crippen LogP contribution in [0.3, 0.4) is 0 Å². The predicted octanol–water partition coefficient (Wildman–Crippen LogP) is -0.669. The molecule has 0 aromatic carbocycles. The molecular formula is C10H21N5O. The summed E-state index contributed by atoms with van der Waals surface area (Å²) in [7, 11) is 3.75. The van der Waals surface area contributed by atoms with Gasteiger partial charge in [0.05, 0.1) is 11.9 Å². The Morgan fingerprint density at radius 3 is 2.88 bits per heavy atom. The highest BCUT2D eigenvalue weighted by Gasteiger charge is 2.15. The largest absolute Gasteiger partial charge is 0.361 e. The molecule has 3 N–H and O–H groups in total. The Bertz CT molecular complexity index is 301. The van der Waals surface area contributed by atoms with E-state index in [9.17, 15) is 5.11 Å². The minimum Gasteiger partial charge on any atom is -0.361 e. The van der Waals surface area contributed by atoms with Gasteiger partial charge in [-0.2, -0.15) is 5.10 Å². The third kappa shape index (κ3) is 3.48. The Labute approximate surface area is 96.2 Å². The Kier molecular flexibility index (Phi) is 5.24. The molecule has 6 nitrogen and oxygen atoms in total. The third-order valence-corrected chi connectivity index (χ3v) is 2.31. The van der Waals surface area contributed by atoms with Crippen molar-refractivity contribution in [2.75, 3.05) is 31.6 Å². The maximum Gasteiger partial charge on any atom is 0.184 e. The summed E-state index contributed by atoms with van der Waals surface area (Å²) in [5.41, 5.74) is 0.909. The number of hydrogen-bond acceptors (Lipinski definition) is 5. The lowest BCUT2D eigenvalue weighted by Crippen LogP contribution is -2.48. The van der Waals surface area contributed by atoms with Gasteiger partial charge in [-0.25, -0.2) is 0 Å². The number of nitrogens with one attached hydrogen (secondary N) is 2. The van der Waals surface area contributed by atoms with Crippen molar-refractivity contribution in [2.24, 2.45) is 7.05 Å². The number of aliphatic hydroxyl groups is 1. The fraction of sp³-hybridized carbons (Fsp3) is 0.700. The average molecular weight is 227 g/mol. The molecule has 1 unspecified atom stereocenters. The smallest absolute Gasteiger partial charge is 0.184 e. The second-order valence-electron chi connectivity index (χ2n) is 3.60. The van der Waals surface area contributed by atoms with E-state index in [1.807, 2.05) is 32.1 Å². The first-order valence-electron chi connectivity index (χ1n) is 5.50. The summed E-state index contributed by atoms with van der Waals surface area (Å²) in [5.74, 6) is 0. The first kappa shape index (κ1) is 13.0. The minimum atomic E-state index is -0.678. The molecule has 0 saturated heterocycles. The molecule has 92 valence electrons. The molecule has 1 aromatic rings. The molecule has 1 atom stereocenters. The molecule has 0 spiro atoms. The van der Waals surface area contributed by atoms with E-state index in [2.05, 4.69) is 15.7 Å². The highest BCUT2D eigenvalue weighted by molar-refractivity contribution is 5.42. The van der Waals surface area contributed by atoms with Crippen molar-refractivity contribution in [1.29, 1.82) is 0 Å². The highest BCUT2D eigenvalue weighted by atomic mass is 16.3. The molecule has 16 heavy (non-hydrogen) atoms. The predicted molar refractivity (Wildman–Crippen MR) is 64.2 cm³/mol. The summed E-state index contributed by atoms with van der Waals surface area (Å²) < 4.78 is 1.72. The third-order valence-electron chi connectivity index (χ3n) is 2.31. The zero-order valence-electron chi connectivity index (χ0n) is 10.1. The van der Waals surface area contributed by atoms with E-state index < -0.39 is 6.35 Å². The average Bonchev–Trinajstić information content (AvgIpc) is 2.66.